The Kier molecular flexibility index (Phi) is 5.17. The van der Waals surface area contributed by atoms with Crippen LogP contribution in [0.25, 0.3) is 11.0 Å². The molecule has 0 spiro atoms. The first-order chi connectivity index (χ1) is 15.4. The maximum absolute atomic E-state index is 13.1. The second kappa shape index (κ2) is 8.02. The number of pyridine rings is 1. The van der Waals surface area contributed by atoms with Crippen LogP contribution in [0, 0.1) is 5.92 Å². The zero-order valence-electron chi connectivity index (χ0n) is 17.3. The van der Waals surface area contributed by atoms with Gasteiger partial charge in [0.25, 0.3) is 5.56 Å². The van der Waals surface area contributed by atoms with Gasteiger partial charge in [0.2, 0.25) is 11.9 Å². The fourth-order valence-electron chi connectivity index (χ4n) is 4.78. The molecule has 0 radical (unpaired) electrons. The number of hydrogen-bond acceptors (Lipinski definition) is 6. The lowest BCUT2D eigenvalue weighted by molar-refractivity contribution is -0.122. The van der Waals surface area contributed by atoms with E-state index in [2.05, 4.69) is 15.0 Å². The molecule has 2 aliphatic rings. The summed E-state index contributed by atoms with van der Waals surface area (Å²) in [4.78, 5) is 51.1. The van der Waals surface area contributed by atoms with Crippen molar-refractivity contribution in [2.75, 3.05) is 18.0 Å². The van der Waals surface area contributed by atoms with Gasteiger partial charge >= 0.3 is 0 Å². The minimum atomic E-state index is -0.314. The number of nitrogens with two attached hydrogens (primary N) is 1. The molecule has 1 atom stereocenters. The quantitative estimate of drug-likeness (QED) is 0.631. The van der Waals surface area contributed by atoms with Crippen molar-refractivity contribution in [2.24, 2.45) is 11.7 Å². The number of hydrogen-bond donors (Lipinski definition) is 2. The Morgan fingerprint density at radius 3 is 2.69 bits per heavy atom. The summed E-state index contributed by atoms with van der Waals surface area (Å²) in [5.74, 6) is -0.130. The standard InChI is InChI=1S/C23H22ClN5O3/c24-15-3-1-2-13(8-15)14-9-16-17(18(30)10-14)11-26-21-19(16)22(32)28-23(27-21)29-6-4-12(5-7-29)20(25)31/h1-3,8,11-12,14H,4-7,9-10H2,(H2,25,31)(H,26,27,28,32)/t14-/m0/s1. The van der Waals surface area contributed by atoms with Gasteiger partial charge in [0.15, 0.2) is 11.4 Å². The number of anilines is 1. The minimum absolute atomic E-state index is 0.0392. The molecule has 32 heavy (non-hydrogen) atoms. The number of nitrogens with one attached hydrogen (secondary N) is 1. The molecule has 8 nitrogen and oxygen atoms in total. The van der Waals surface area contributed by atoms with E-state index in [1.807, 2.05) is 23.1 Å². The molecule has 2 aromatic heterocycles. The fourth-order valence-corrected chi connectivity index (χ4v) is 4.98. The van der Waals surface area contributed by atoms with Crippen LogP contribution in [0.5, 0.6) is 0 Å². The number of halogens is 1. The summed E-state index contributed by atoms with van der Waals surface area (Å²) < 4.78 is 0. The van der Waals surface area contributed by atoms with Crippen LogP contribution < -0.4 is 16.2 Å². The van der Waals surface area contributed by atoms with Crippen LogP contribution in [0.4, 0.5) is 5.95 Å². The van der Waals surface area contributed by atoms with Gasteiger partial charge < -0.3 is 10.6 Å². The van der Waals surface area contributed by atoms with Crippen molar-refractivity contribution in [3.05, 3.63) is 62.5 Å². The van der Waals surface area contributed by atoms with E-state index in [1.54, 1.807) is 6.07 Å². The van der Waals surface area contributed by atoms with Crippen LogP contribution in [0.15, 0.2) is 35.3 Å². The van der Waals surface area contributed by atoms with Crippen molar-refractivity contribution in [3.8, 4) is 0 Å². The minimum Gasteiger partial charge on any atom is -0.369 e. The number of aromatic nitrogens is 3. The molecule has 1 amide bonds. The number of ketones is 1. The molecule has 1 aromatic carbocycles. The third kappa shape index (κ3) is 3.64. The second-order valence-corrected chi connectivity index (χ2v) is 8.92. The van der Waals surface area contributed by atoms with E-state index in [9.17, 15) is 14.4 Å². The Hall–Kier alpha value is -3.26. The van der Waals surface area contributed by atoms with Crippen molar-refractivity contribution in [2.45, 2.75) is 31.6 Å². The van der Waals surface area contributed by atoms with Crippen molar-refractivity contribution < 1.29 is 9.59 Å². The van der Waals surface area contributed by atoms with Gasteiger partial charge in [-0.05, 0) is 48.4 Å². The molecule has 1 aliphatic carbocycles. The molecule has 0 unspecified atom stereocenters. The lowest BCUT2D eigenvalue weighted by atomic mass is 9.79. The maximum Gasteiger partial charge on any atom is 0.262 e. The number of H-pyrrole nitrogens is 1. The van der Waals surface area contributed by atoms with Crippen molar-refractivity contribution in [1.29, 1.82) is 0 Å². The first-order valence-electron chi connectivity index (χ1n) is 10.7. The predicted octanol–water partition coefficient (Wildman–Crippen LogP) is 2.59. The molecule has 3 N–H and O–H groups in total. The molecule has 5 rings (SSSR count). The number of primary amides is 1. The fraction of sp³-hybridized carbons (Fsp3) is 0.348. The second-order valence-electron chi connectivity index (χ2n) is 8.49. The molecular formula is C23H22ClN5O3. The van der Waals surface area contributed by atoms with Crippen LogP contribution >= 0.6 is 11.6 Å². The highest BCUT2D eigenvalue weighted by Crippen LogP contribution is 2.35. The maximum atomic E-state index is 13.1. The monoisotopic (exact) mass is 451 g/mol. The van der Waals surface area contributed by atoms with E-state index in [4.69, 9.17) is 17.3 Å². The first kappa shape index (κ1) is 20.6. The van der Waals surface area contributed by atoms with E-state index in [0.29, 0.717) is 71.9 Å². The predicted molar refractivity (Wildman–Crippen MR) is 121 cm³/mol. The van der Waals surface area contributed by atoms with Crippen molar-refractivity contribution in [1.82, 2.24) is 15.0 Å². The van der Waals surface area contributed by atoms with Crippen molar-refractivity contribution >= 4 is 40.3 Å². The highest BCUT2D eigenvalue weighted by atomic mass is 35.5. The summed E-state index contributed by atoms with van der Waals surface area (Å²) in [5.41, 5.74) is 7.56. The van der Waals surface area contributed by atoms with Gasteiger partial charge in [-0.2, -0.15) is 4.98 Å². The third-order valence-electron chi connectivity index (χ3n) is 6.53. The Labute approximate surface area is 188 Å². The van der Waals surface area contributed by atoms with Crippen LogP contribution in [-0.2, 0) is 11.2 Å². The number of amides is 1. The van der Waals surface area contributed by atoms with E-state index < -0.39 is 0 Å². The van der Waals surface area contributed by atoms with Gasteiger partial charge in [-0.3, -0.25) is 19.4 Å². The van der Waals surface area contributed by atoms with Crippen molar-refractivity contribution in [3.63, 3.8) is 0 Å². The molecule has 3 aromatic rings. The van der Waals surface area contributed by atoms with Crippen LogP contribution in [0.1, 0.15) is 46.7 Å². The number of Topliss-reactive ketones (excluding diaryl/α,β-unsaturated/α-hetero) is 1. The number of piperidine rings is 1. The van der Waals surface area contributed by atoms with E-state index in [1.165, 1.54) is 6.20 Å². The summed E-state index contributed by atoms with van der Waals surface area (Å²) in [6.45, 7) is 1.14. The molecule has 1 fully saturated rings. The zero-order valence-corrected chi connectivity index (χ0v) is 18.1. The highest BCUT2D eigenvalue weighted by molar-refractivity contribution is 6.30. The Bertz CT molecular complexity index is 1300. The van der Waals surface area contributed by atoms with Crippen LogP contribution in [0.3, 0.4) is 0 Å². The van der Waals surface area contributed by atoms with Gasteiger partial charge in [-0.15, -0.1) is 0 Å². The molecular weight excluding hydrogens is 430 g/mol. The van der Waals surface area contributed by atoms with Gasteiger partial charge in [0.05, 0.1) is 5.39 Å². The number of aromatic amines is 1. The Morgan fingerprint density at radius 2 is 1.97 bits per heavy atom. The number of benzene rings is 1. The Balaban J connectivity index is 1.52. The van der Waals surface area contributed by atoms with Gasteiger partial charge in [-0.1, -0.05) is 23.7 Å². The molecule has 9 heteroatoms. The Morgan fingerprint density at radius 1 is 1.19 bits per heavy atom. The number of carbonyl (C=O) groups excluding carboxylic acids is 2. The van der Waals surface area contributed by atoms with Gasteiger partial charge in [0, 0.05) is 42.2 Å². The van der Waals surface area contributed by atoms with Gasteiger partial charge in [-0.25, -0.2) is 4.98 Å². The molecule has 0 saturated carbocycles. The molecule has 1 saturated heterocycles. The summed E-state index contributed by atoms with van der Waals surface area (Å²) in [6, 6.07) is 7.48. The zero-order chi connectivity index (χ0) is 22.4. The third-order valence-corrected chi connectivity index (χ3v) is 6.77. The average molecular weight is 452 g/mol. The number of fused-ring (bicyclic) bond motifs is 3. The van der Waals surface area contributed by atoms with Crippen LogP contribution in [-0.4, -0.2) is 39.7 Å². The molecule has 164 valence electrons. The van der Waals surface area contributed by atoms with E-state index in [0.717, 1.165) is 5.56 Å². The summed E-state index contributed by atoms with van der Waals surface area (Å²) in [7, 11) is 0. The topological polar surface area (TPSA) is 122 Å². The lowest BCUT2D eigenvalue weighted by Gasteiger charge is -2.31. The highest BCUT2D eigenvalue weighted by Gasteiger charge is 2.30. The average Bonchev–Trinajstić information content (AvgIpc) is 2.78. The largest absolute Gasteiger partial charge is 0.369 e. The molecule has 1 aliphatic heterocycles. The molecule has 3 heterocycles. The lowest BCUT2D eigenvalue weighted by Crippen LogP contribution is -2.40. The van der Waals surface area contributed by atoms with Crippen LogP contribution in [0.2, 0.25) is 5.02 Å². The number of nitrogens with zero attached hydrogens (tertiary/aromatic N) is 3. The SMILES string of the molecule is NC(=O)C1CCN(c2nc3ncc4c(c3c(=O)[nH]2)C[C@H](c2cccc(Cl)c2)CC4=O)CC1. The van der Waals surface area contributed by atoms with E-state index >= 15 is 0 Å². The summed E-state index contributed by atoms with van der Waals surface area (Å²) in [6.07, 6.45) is 3.64. The molecule has 0 bridgehead atoms. The summed E-state index contributed by atoms with van der Waals surface area (Å²) >= 11 is 6.15. The number of carbonyl (C=O) groups is 2. The normalized spacial score (nSPS) is 19.2. The first-order valence-corrected chi connectivity index (χ1v) is 11.0. The number of rotatable bonds is 3. The van der Waals surface area contributed by atoms with Gasteiger partial charge in [0.1, 0.15) is 0 Å². The summed E-state index contributed by atoms with van der Waals surface area (Å²) in [5, 5.41) is 0.975. The smallest absolute Gasteiger partial charge is 0.262 e. The van der Waals surface area contributed by atoms with E-state index in [-0.39, 0.29) is 29.1 Å².